The maximum atomic E-state index is 10.8. The smallest absolute Gasteiger partial charge is 0.217 e. The number of rotatable bonds is 1. The normalized spacial score (nSPS) is 28.9. The van der Waals surface area contributed by atoms with Crippen LogP contribution in [-0.4, -0.2) is 11.9 Å². The molecule has 1 aliphatic carbocycles. The molecule has 0 saturated heterocycles. The Morgan fingerprint density at radius 3 is 2.31 bits per heavy atom. The molecule has 13 heavy (non-hydrogen) atoms. The maximum absolute atomic E-state index is 10.8. The zero-order chi connectivity index (χ0) is 10.1. The highest BCUT2D eigenvalue weighted by molar-refractivity contribution is 5.73. The first-order valence-electron chi connectivity index (χ1n) is 5.16. The number of amides is 1. The number of hydrogen-bond acceptors (Lipinski definition) is 1. The summed E-state index contributed by atoms with van der Waals surface area (Å²) in [7, 11) is 0. The van der Waals surface area contributed by atoms with Gasteiger partial charge in [-0.15, -0.1) is 0 Å². The van der Waals surface area contributed by atoms with Gasteiger partial charge in [0.25, 0.3) is 0 Å². The first-order chi connectivity index (χ1) is 5.89. The van der Waals surface area contributed by atoms with E-state index < -0.39 is 0 Å². The fourth-order valence-corrected chi connectivity index (χ4v) is 2.19. The van der Waals surface area contributed by atoms with Crippen LogP contribution in [-0.2, 0) is 4.79 Å². The molecule has 1 amide bonds. The van der Waals surface area contributed by atoms with Gasteiger partial charge in [-0.1, -0.05) is 20.8 Å². The minimum Gasteiger partial charge on any atom is -0.354 e. The van der Waals surface area contributed by atoms with Gasteiger partial charge < -0.3 is 5.32 Å². The topological polar surface area (TPSA) is 29.1 Å². The van der Waals surface area contributed by atoms with Crippen molar-refractivity contribution < 1.29 is 4.79 Å². The van der Waals surface area contributed by atoms with Crippen molar-refractivity contribution in [3.8, 4) is 0 Å². The zero-order valence-electron chi connectivity index (χ0n) is 9.18. The van der Waals surface area contributed by atoms with E-state index in [1.54, 1.807) is 6.92 Å². The van der Waals surface area contributed by atoms with Gasteiger partial charge in [-0.05, 0) is 30.6 Å². The molecule has 1 aliphatic rings. The molecule has 1 rings (SSSR count). The monoisotopic (exact) mass is 183 g/mol. The third-order valence-electron chi connectivity index (χ3n) is 3.06. The molecule has 1 fully saturated rings. The molecule has 0 radical (unpaired) electrons. The lowest BCUT2D eigenvalue weighted by atomic mass is 9.80. The van der Waals surface area contributed by atoms with Gasteiger partial charge >= 0.3 is 0 Å². The summed E-state index contributed by atoms with van der Waals surface area (Å²) in [5.74, 6) is 0.879. The van der Waals surface area contributed by atoms with Gasteiger partial charge in [-0.3, -0.25) is 4.79 Å². The van der Waals surface area contributed by atoms with Gasteiger partial charge in [0, 0.05) is 13.0 Å². The second-order valence-electron chi connectivity index (χ2n) is 5.27. The summed E-state index contributed by atoms with van der Waals surface area (Å²) in [5.41, 5.74) is 0.396. The van der Waals surface area contributed by atoms with Crippen molar-refractivity contribution in [2.75, 3.05) is 0 Å². The predicted molar refractivity (Wildman–Crippen MR) is 54.4 cm³/mol. The summed E-state index contributed by atoms with van der Waals surface area (Å²) in [4.78, 5) is 10.8. The van der Waals surface area contributed by atoms with E-state index in [0.717, 1.165) is 18.8 Å². The van der Waals surface area contributed by atoms with Gasteiger partial charge in [0.2, 0.25) is 5.91 Å². The van der Waals surface area contributed by atoms with E-state index in [2.05, 4.69) is 26.1 Å². The van der Waals surface area contributed by atoms with Gasteiger partial charge in [0.15, 0.2) is 0 Å². The molecule has 0 spiro atoms. The Morgan fingerprint density at radius 2 is 1.92 bits per heavy atom. The van der Waals surface area contributed by atoms with E-state index in [9.17, 15) is 4.79 Å². The number of nitrogens with one attached hydrogen (secondary N) is 1. The van der Waals surface area contributed by atoms with Gasteiger partial charge in [0.1, 0.15) is 0 Å². The van der Waals surface area contributed by atoms with Crippen molar-refractivity contribution >= 4 is 5.91 Å². The van der Waals surface area contributed by atoms with Gasteiger partial charge in [-0.2, -0.15) is 0 Å². The molecule has 1 N–H and O–H groups in total. The van der Waals surface area contributed by atoms with Crippen LogP contribution >= 0.6 is 0 Å². The molecule has 1 unspecified atom stereocenters. The molecule has 0 aromatic heterocycles. The largest absolute Gasteiger partial charge is 0.354 e. The molecule has 1 saturated carbocycles. The minimum atomic E-state index is 0.111. The second kappa shape index (κ2) is 3.69. The summed E-state index contributed by atoms with van der Waals surface area (Å²) >= 11 is 0. The lowest BCUT2D eigenvalue weighted by Gasteiger charge is -2.26. The Morgan fingerprint density at radius 1 is 1.31 bits per heavy atom. The molecule has 0 aliphatic heterocycles. The van der Waals surface area contributed by atoms with E-state index in [4.69, 9.17) is 0 Å². The number of hydrogen-bond donors (Lipinski definition) is 1. The fraction of sp³-hybridized carbons (Fsp3) is 0.909. The molecule has 0 aromatic carbocycles. The fourth-order valence-electron chi connectivity index (χ4n) is 2.19. The van der Waals surface area contributed by atoms with Crippen LogP contribution in [0.1, 0.15) is 47.0 Å². The van der Waals surface area contributed by atoms with Crippen molar-refractivity contribution in [2.24, 2.45) is 11.3 Å². The summed E-state index contributed by atoms with van der Waals surface area (Å²) in [6, 6.07) is 0.432. The highest BCUT2D eigenvalue weighted by Gasteiger charge is 2.32. The van der Waals surface area contributed by atoms with Crippen LogP contribution in [0.25, 0.3) is 0 Å². The van der Waals surface area contributed by atoms with Gasteiger partial charge in [0.05, 0.1) is 0 Å². The summed E-state index contributed by atoms with van der Waals surface area (Å²) in [6.45, 7) is 8.46. The first-order valence-corrected chi connectivity index (χ1v) is 5.16. The Hall–Kier alpha value is -0.530. The third-order valence-corrected chi connectivity index (χ3v) is 3.06. The average molecular weight is 183 g/mol. The SMILES string of the molecule is CC(=O)N[C@H]1CCC(C(C)(C)C)C1. The van der Waals surface area contributed by atoms with Crippen LogP contribution in [0.5, 0.6) is 0 Å². The molecule has 76 valence electrons. The van der Waals surface area contributed by atoms with E-state index in [0.29, 0.717) is 11.5 Å². The molecule has 2 atom stereocenters. The lowest BCUT2D eigenvalue weighted by molar-refractivity contribution is -0.119. The highest BCUT2D eigenvalue weighted by atomic mass is 16.1. The number of carbonyl (C=O) groups excluding carboxylic acids is 1. The van der Waals surface area contributed by atoms with E-state index in [1.807, 2.05) is 0 Å². The Balaban J connectivity index is 2.41. The molecule has 0 heterocycles. The van der Waals surface area contributed by atoms with Crippen molar-refractivity contribution in [3.63, 3.8) is 0 Å². The molecule has 0 aromatic rings. The Kier molecular flexibility index (Phi) is 2.99. The molecule has 2 heteroatoms. The second-order valence-corrected chi connectivity index (χ2v) is 5.27. The molecule has 2 nitrogen and oxygen atoms in total. The van der Waals surface area contributed by atoms with Crippen LogP contribution in [0.4, 0.5) is 0 Å². The summed E-state index contributed by atoms with van der Waals surface area (Å²) in [6.07, 6.45) is 3.57. The molecule has 0 bridgehead atoms. The quantitative estimate of drug-likeness (QED) is 0.664. The maximum Gasteiger partial charge on any atom is 0.217 e. The average Bonchev–Trinajstić information content (AvgIpc) is 2.32. The van der Waals surface area contributed by atoms with Crippen LogP contribution in [0.3, 0.4) is 0 Å². The van der Waals surface area contributed by atoms with Crippen molar-refractivity contribution in [1.82, 2.24) is 5.32 Å². The number of carbonyl (C=O) groups is 1. The first kappa shape index (κ1) is 10.6. The zero-order valence-corrected chi connectivity index (χ0v) is 9.18. The van der Waals surface area contributed by atoms with Crippen molar-refractivity contribution in [3.05, 3.63) is 0 Å². The Bertz CT molecular complexity index is 193. The van der Waals surface area contributed by atoms with E-state index in [-0.39, 0.29) is 5.91 Å². The molecular formula is C11H21NO. The van der Waals surface area contributed by atoms with Crippen LogP contribution in [0, 0.1) is 11.3 Å². The van der Waals surface area contributed by atoms with Crippen LogP contribution in [0.2, 0.25) is 0 Å². The summed E-state index contributed by atoms with van der Waals surface area (Å²) in [5, 5.41) is 3.00. The molecular weight excluding hydrogens is 162 g/mol. The van der Waals surface area contributed by atoms with Gasteiger partial charge in [-0.25, -0.2) is 0 Å². The van der Waals surface area contributed by atoms with E-state index >= 15 is 0 Å². The standard InChI is InChI=1S/C11H21NO/c1-8(13)12-10-6-5-9(7-10)11(2,3)4/h9-10H,5-7H2,1-4H3,(H,12,13)/t9?,10-/m0/s1. The lowest BCUT2D eigenvalue weighted by Crippen LogP contribution is -2.31. The minimum absolute atomic E-state index is 0.111. The van der Waals surface area contributed by atoms with Crippen LogP contribution < -0.4 is 5.32 Å². The summed E-state index contributed by atoms with van der Waals surface area (Å²) < 4.78 is 0. The van der Waals surface area contributed by atoms with Crippen LogP contribution in [0.15, 0.2) is 0 Å². The van der Waals surface area contributed by atoms with Crippen molar-refractivity contribution in [2.45, 2.75) is 53.0 Å². The van der Waals surface area contributed by atoms with Crippen molar-refractivity contribution in [1.29, 1.82) is 0 Å². The predicted octanol–water partition coefficient (Wildman–Crippen LogP) is 2.34. The van der Waals surface area contributed by atoms with E-state index in [1.165, 1.54) is 6.42 Å². The Labute approximate surface area is 81.1 Å². The highest BCUT2D eigenvalue weighted by Crippen LogP contribution is 2.39. The third kappa shape index (κ3) is 3.02.